The number of aliphatic hydroxyl groups excluding tert-OH is 1. The van der Waals surface area contributed by atoms with E-state index in [0.29, 0.717) is 6.61 Å². The van der Waals surface area contributed by atoms with Gasteiger partial charge in [0.15, 0.2) is 17.9 Å². The molecule has 1 N–H and O–H groups in total. The summed E-state index contributed by atoms with van der Waals surface area (Å²) in [4.78, 5) is 0. The van der Waals surface area contributed by atoms with Crippen molar-refractivity contribution in [3.05, 3.63) is 0 Å². The Balaban J connectivity index is 1.75. The van der Waals surface area contributed by atoms with Crippen molar-refractivity contribution in [2.75, 3.05) is 6.61 Å². The normalized spacial score (nSPS) is 49.5. The third kappa shape index (κ3) is 2.07. The van der Waals surface area contributed by atoms with Crippen LogP contribution in [0.3, 0.4) is 0 Å². The maximum Gasteiger partial charge on any atom is 0.184 e. The molecule has 0 aromatic heterocycles. The van der Waals surface area contributed by atoms with Crippen molar-refractivity contribution in [3.8, 4) is 0 Å². The van der Waals surface area contributed by atoms with Crippen LogP contribution in [-0.4, -0.2) is 54.0 Å². The fourth-order valence-electron chi connectivity index (χ4n) is 2.78. The molecule has 3 fully saturated rings. The molecule has 0 amide bonds. The first kappa shape index (κ1) is 12.8. The summed E-state index contributed by atoms with van der Waals surface area (Å²) in [6, 6.07) is 0. The fraction of sp³-hybridized carbons (Fsp3) is 1.00. The van der Waals surface area contributed by atoms with E-state index in [2.05, 4.69) is 0 Å². The van der Waals surface area contributed by atoms with Gasteiger partial charge in [-0.1, -0.05) is 0 Å². The van der Waals surface area contributed by atoms with Crippen LogP contribution in [0.2, 0.25) is 0 Å². The second-order valence-corrected chi connectivity index (χ2v) is 5.92. The van der Waals surface area contributed by atoms with E-state index in [4.69, 9.17) is 23.7 Å². The van der Waals surface area contributed by atoms with Crippen molar-refractivity contribution in [2.24, 2.45) is 0 Å². The van der Waals surface area contributed by atoms with Gasteiger partial charge in [0.2, 0.25) is 0 Å². The summed E-state index contributed by atoms with van der Waals surface area (Å²) in [7, 11) is 0. The number of ether oxygens (including phenoxy) is 5. The summed E-state index contributed by atoms with van der Waals surface area (Å²) in [5.41, 5.74) is 0. The molecule has 0 aromatic carbocycles. The molecular weight excluding hydrogens is 240 g/mol. The molecule has 0 radical (unpaired) electrons. The molecule has 0 aliphatic carbocycles. The standard InChI is InChI=1S/C12H20O6/c1-11(2)14-5-6(16-11)7-8-9(10(13)15-7)18-12(3,4)17-8/h6-10,13H,5H2,1-4H3/t6?,7-,8+,9+,10+/m0/s1. The van der Waals surface area contributed by atoms with Crippen molar-refractivity contribution in [1.29, 1.82) is 0 Å². The van der Waals surface area contributed by atoms with Gasteiger partial charge in [0.05, 0.1) is 6.61 Å². The van der Waals surface area contributed by atoms with Gasteiger partial charge in [-0.2, -0.15) is 0 Å². The molecule has 5 atom stereocenters. The first-order chi connectivity index (χ1) is 8.27. The SMILES string of the molecule is CC1(C)OCC([C@@H]2O[C@@H](O)[C@@H]3OC(C)(C)O[C@@H]32)O1. The molecule has 0 spiro atoms. The summed E-state index contributed by atoms with van der Waals surface area (Å²) in [6.07, 6.45) is -2.38. The van der Waals surface area contributed by atoms with Crippen molar-refractivity contribution in [3.63, 3.8) is 0 Å². The van der Waals surface area contributed by atoms with Gasteiger partial charge in [-0.15, -0.1) is 0 Å². The van der Waals surface area contributed by atoms with E-state index >= 15 is 0 Å². The molecule has 3 rings (SSSR count). The largest absolute Gasteiger partial charge is 0.366 e. The molecule has 3 aliphatic heterocycles. The summed E-state index contributed by atoms with van der Waals surface area (Å²) in [5, 5.41) is 9.87. The smallest absolute Gasteiger partial charge is 0.184 e. The minimum absolute atomic E-state index is 0.248. The van der Waals surface area contributed by atoms with E-state index in [-0.39, 0.29) is 18.3 Å². The van der Waals surface area contributed by atoms with E-state index < -0.39 is 24.0 Å². The minimum atomic E-state index is -0.978. The molecule has 0 saturated carbocycles. The van der Waals surface area contributed by atoms with E-state index in [1.54, 1.807) is 0 Å². The van der Waals surface area contributed by atoms with Crippen molar-refractivity contribution < 1.29 is 28.8 Å². The number of rotatable bonds is 1. The van der Waals surface area contributed by atoms with Crippen LogP contribution in [-0.2, 0) is 23.7 Å². The highest BCUT2D eigenvalue weighted by Crippen LogP contribution is 2.41. The van der Waals surface area contributed by atoms with Crippen LogP contribution in [0.25, 0.3) is 0 Å². The lowest BCUT2D eigenvalue weighted by molar-refractivity contribution is -0.236. The topological polar surface area (TPSA) is 66.4 Å². The molecule has 3 saturated heterocycles. The maximum atomic E-state index is 9.87. The third-order valence-electron chi connectivity index (χ3n) is 3.46. The van der Waals surface area contributed by atoms with Crippen LogP contribution in [0.4, 0.5) is 0 Å². The summed E-state index contributed by atoms with van der Waals surface area (Å²) < 4.78 is 28.2. The Morgan fingerprint density at radius 1 is 0.889 bits per heavy atom. The van der Waals surface area contributed by atoms with Gasteiger partial charge >= 0.3 is 0 Å². The Labute approximate surface area is 106 Å². The van der Waals surface area contributed by atoms with E-state index in [1.165, 1.54) is 0 Å². The molecule has 3 heterocycles. The zero-order chi connectivity index (χ0) is 13.1. The Bertz CT molecular complexity index is 341. The predicted molar refractivity (Wildman–Crippen MR) is 59.6 cm³/mol. The van der Waals surface area contributed by atoms with Crippen LogP contribution >= 0.6 is 0 Å². The van der Waals surface area contributed by atoms with Crippen molar-refractivity contribution in [1.82, 2.24) is 0 Å². The van der Waals surface area contributed by atoms with Gasteiger partial charge in [-0.25, -0.2) is 0 Å². The van der Waals surface area contributed by atoms with Gasteiger partial charge < -0.3 is 28.8 Å². The molecule has 6 nitrogen and oxygen atoms in total. The van der Waals surface area contributed by atoms with Crippen LogP contribution in [0.1, 0.15) is 27.7 Å². The number of aliphatic hydroxyl groups is 1. The first-order valence-electron chi connectivity index (χ1n) is 6.28. The predicted octanol–water partition coefficient (Wildman–Crippen LogP) is 0.375. The van der Waals surface area contributed by atoms with Crippen LogP contribution in [0.15, 0.2) is 0 Å². The Morgan fingerprint density at radius 3 is 2.17 bits per heavy atom. The van der Waals surface area contributed by atoms with Crippen LogP contribution in [0.5, 0.6) is 0 Å². The van der Waals surface area contributed by atoms with Gasteiger partial charge in [-0.05, 0) is 27.7 Å². The highest BCUT2D eigenvalue weighted by atomic mass is 16.8. The Morgan fingerprint density at radius 2 is 1.56 bits per heavy atom. The number of fused-ring (bicyclic) bond motifs is 1. The highest BCUT2D eigenvalue weighted by molar-refractivity contribution is 4.99. The molecule has 18 heavy (non-hydrogen) atoms. The van der Waals surface area contributed by atoms with E-state index in [0.717, 1.165) is 0 Å². The quantitative estimate of drug-likeness (QED) is 0.735. The number of hydrogen-bond acceptors (Lipinski definition) is 6. The average molecular weight is 260 g/mol. The third-order valence-corrected chi connectivity index (χ3v) is 3.46. The Hall–Kier alpha value is -0.240. The molecule has 0 aromatic rings. The molecule has 3 aliphatic rings. The van der Waals surface area contributed by atoms with Crippen LogP contribution in [0, 0.1) is 0 Å². The lowest BCUT2D eigenvalue weighted by Crippen LogP contribution is -2.40. The van der Waals surface area contributed by atoms with Gasteiger partial charge in [-0.3, -0.25) is 0 Å². The Kier molecular flexibility index (Phi) is 2.75. The monoisotopic (exact) mass is 260 g/mol. The van der Waals surface area contributed by atoms with Gasteiger partial charge in [0.1, 0.15) is 24.4 Å². The van der Waals surface area contributed by atoms with Crippen molar-refractivity contribution >= 4 is 0 Å². The minimum Gasteiger partial charge on any atom is -0.366 e. The van der Waals surface area contributed by atoms with E-state index in [1.807, 2.05) is 27.7 Å². The molecule has 6 heteroatoms. The van der Waals surface area contributed by atoms with Gasteiger partial charge in [0, 0.05) is 0 Å². The summed E-state index contributed by atoms with van der Waals surface area (Å²) in [5.74, 6) is -1.32. The van der Waals surface area contributed by atoms with Crippen LogP contribution < -0.4 is 0 Å². The summed E-state index contributed by atoms with van der Waals surface area (Å²) >= 11 is 0. The first-order valence-corrected chi connectivity index (χ1v) is 6.28. The van der Waals surface area contributed by atoms with Gasteiger partial charge in [0.25, 0.3) is 0 Å². The zero-order valence-corrected chi connectivity index (χ0v) is 11.1. The average Bonchev–Trinajstić information content (AvgIpc) is 2.81. The molecular formula is C12H20O6. The fourth-order valence-corrected chi connectivity index (χ4v) is 2.78. The van der Waals surface area contributed by atoms with E-state index in [9.17, 15) is 5.11 Å². The lowest BCUT2D eigenvalue weighted by Gasteiger charge is -2.26. The number of hydrogen-bond donors (Lipinski definition) is 1. The highest BCUT2D eigenvalue weighted by Gasteiger charge is 2.58. The molecule has 0 bridgehead atoms. The second kappa shape index (κ2) is 3.88. The van der Waals surface area contributed by atoms with Crippen molar-refractivity contribution in [2.45, 2.75) is 70.0 Å². The second-order valence-electron chi connectivity index (χ2n) is 5.92. The zero-order valence-electron chi connectivity index (χ0n) is 11.1. The maximum absolute atomic E-state index is 9.87. The summed E-state index contributed by atoms with van der Waals surface area (Å²) in [6.45, 7) is 7.78. The molecule has 1 unspecified atom stereocenters. The molecule has 104 valence electrons. The lowest BCUT2D eigenvalue weighted by atomic mass is 10.1.